The Bertz CT molecular complexity index is 1190. The van der Waals surface area contributed by atoms with Crippen LogP contribution >= 0.6 is 11.6 Å². The Balaban J connectivity index is 1.52. The maximum absolute atomic E-state index is 6.68. The SMILES string of the molecule is Cc1cccc(Cl)c1C(CCN1c2ccc(N)cc2-n2cncc2C1N)n1ccnc1. The average molecular weight is 434 g/mol. The third-order valence-electron chi connectivity index (χ3n) is 6.01. The fraction of sp³-hybridized carbons (Fsp3) is 0.217. The molecule has 5 rings (SSSR count). The maximum atomic E-state index is 6.68. The predicted octanol–water partition coefficient (Wildman–Crippen LogP) is 4.07. The van der Waals surface area contributed by atoms with Gasteiger partial charge in [0, 0.05) is 29.6 Å². The number of fused-ring (bicyclic) bond motifs is 3. The number of imidazole rings is 2. The fourth-order valence-corrected chi connectivity index (χ4v) is 4.84. The molecule has 2 aromatic carbocycles. The Morgan fingerprint density at radius 3 is 2.77 bits per heavy atom. The first-order valence-corrected chi connectivity index (χ1v) is 10.6. The number of anilines is 2. The zero-order valence-corrected chi connectivity index (χ0v) is 17.9. The van der Waals surface area contributed by atoms with Gasteiger partial charge in [-0.2, -0.15) is 0 Å². The monoisotopic (exact) mass is 433 g/mol. The Morgan fingerprint density at radius 1 is 1.13 bits per heavy atom. The molecular weight excluding hydrogens is 410 g/mol. The summed E-state index contributed by atoms with van der Waals surface area (Å²) in [5, 5.41) is 0.757. The molecule has 158 valence electrons. The first-order chi connectivity index (χ1) is 15.0. The van der Waals surface area contributed by atoms with Crippen molar-refractivity contribution in [3.05, 3.63) is 89.5 Å². The second kappa shape index (κ2) is 7.76. The van der Waals surface area contributed by atoms with E-state index in [-0.39, 0.29) is 12.2 Å². The smallest absolute Gasteiger partial charge is 0.121 e. The summed E-state index contributed by atoms with van der Waals surface area (Å²) in [7, 11) is 0. The number of hydrogen-bond donors (Lipinski definition) is 2. The second-order valence-electron chi connectivity index (χ2n) is 7.86. The molecule has 0 spiro atoms. The summed E-state index contributed by atoms with van der Waals surface area (Å²) in [6.07, 6.45) is 9.70. The molecule has 4 N–H and O–H groups in total. The summed E-state index contributed by atoms with van der Waals surface area (Å²) in [4.78, 5) is 10.8. The van der Waals surface area contributed by atoms with E-state index in [1.807, 2.05) is 53.6 Å². The summed E-state index contributed by atoms with van der Waals surface area (Å²) in [5.41, 5.74) is 18.7. The van der Waals surface area contributed by atoms with Crippen LogP contribution in [0.4, 0.5) is 11.4 Å². The van der Waals surface area contributed by atoms with Gasteiger partial charge in [0.1, 0.15) is 6.17 Å². The highest BCUT2D eigenvalue weighted by Gasteiger charge is 2.30. The number of benzene rings is 2. The minimum atomic E-state index is -0.311. The molecule has 1 aliphatic heterocycles. The zero-order chi connectivity index (χ0) is 21.5. The number of nitrogen functional groups attached to an aromatic ring is 1. The highest BCUT2D eigenvalue weighted by Crippen LogP contribution is 2.39. The number of halogens is 1. The third kappa shape index (κ3) is 3.36. The molecule has 0 bridgehead atoms. The van der Waals surface area contributed by atoms with E-state index in [9.17, 15) is 0 Å². The van der Waals surface area contributed by atoms with Gasteiger partial charge >= 0.3 is 0 Å². The minimum Gasteiger partial charge on any atom is -0.399 e. The van der Waals surface area contributed by atoms with E-state index in [2.05, 4.69) is 32.4 Å². The Kier molecular flexibility index (Phi) is 4.92. The molecule has 0 amide bonds. The summed E-state index contributed by atoms with van der Waals surface area (Å²) >= 11 is 6.64. The zero-order valence-electron chi connectivity index (χ0n) is 17.2. The van der Waals surface area contributed by atoms with Crippen molar-refractivity contribution in [3.63, 3.8) is 0 Å². The molecule has 0 aliphatic carbocycles. The lowest BCUT2D eigenvalue weighted by Crippen LogP contribution is -2.40. The minimum absolute atomic E-state index is 0.0347. The van der Waals surface area contributed by atoms with Gasteiger partial charge in [-0.25, -0.2) is 9.97 Å². The van der Waals surface area contributed by atoms with Crippen LogP contribution in [-0.2, 0) is 0 Å². The highest BCUT2D eigenvalue weighted by molar-refractivity contribution is 6.31. The summed E-state index contributed by atoms with van der Waals surface area (Å²) < 4.78 is 4.12. The molecule has 7 nitrogen and oxygen atoms in total. The first kappa shape index (κ1) is 19.7. The van der Waals surface area contributed by atoms with E-state index in [0.29, 0.717) is 5.69 Å². The molecule has 0 saturated carbocycles. The van der Waals surface area contributed by atoms with Crippen LogP contribution in [0.2, 0.25) is 5.02 Å². The highest BCUT2D eigenvalue weighted by atomic mass is 35.5. The normalized spacial score (nSPS) is 16.1. The number of nitrogens with two attached hydrogens (primary N) is 2. The summed E-state index contributed by atoms with van der Waals surface area (Å²) in [6, 6.07) is 11.9. The molecule has 2 atom stereocenters. The first-order valence-electron chi connectivity index (χ1n) is 10.2. The molecule has 2 unspecified atom stereocenters. The van der Waals surface area contributed by atoms with Crippen LogP contribution in [0.15, 0.2) is 67.6 Å². The molecule has 31 heavy (non-hydrogen) atoms. The molecule has 1 aliphatic rings. The topological polar surface area (TPSA) is 90.9 Å². The van der Waals surface area contributed by atoms with Gasteiger partial charge in [-0.05, 0) is 48.7 Å². The van der Waals surface area contributed by atoms with Crippen molar-refractivity contribution in [2.45, 2.75) is 25.6 Å². The fourth-order valence-electron chi connectivity index (χ4n) is 4.50. The van der Waals surface area contributed by atoms with Gasteiger partial charge in [0.15, 0.2) is 0 Å². The Labute approximate surface area is 185 Å². The van der Waals surface area contributed by atoms with Gasteiger partial charge in [-0.3, -0.25) is 4.57 Å². The number of aromatic nitrogens is 4. The number of hydrogen-bond acceptors (Lipinski definition) is 5. The molecular formula is C23H24ClN7. The van der Waals surface area contributed by atoms with E-state index in [1.165, 1.54) is 0 Å². The molecule has 0 fully saturated rings. The van der Waals surface area contributed by atoms with Gasteiger partial charge in [0.2, 0.25) is 0 Å². The van der Waals surface area contributed by atoms with Gasteiger partial charge < -0.3 is 20.9 Å². The lowest BCUT2D eigenvalue weighted by atomic mass is 9.97. The van der Waals surface area contributed by atoms with Crippen molar-refractivity contribution in [1.29, 1.82) is 0 Å². The van der Waals surface area contributed by atoms with Crippen molar-refractivity contribution < 1.29 is 0 Å². The lowest BCUT2D eigenvalue weighted by molar-refractivity contribution is 0.501. The third-order valence-corrected chi connectivity index (χ3v) is 6.34. The van der Waals surface area contributed by atoms with Crippen molar-refractivity contribution in [3.8, 4) is 5.69 Å². The van der Waals surface area contributed by atoms with Gasteiger partial charge in [0.05, 0.1) is 42.0 Å². The van der Waals surface area contributed by atoms with Crippen molar-refractivity contribution in [2.75, 3.05) is 17.2 Å². The van der Waals surface area contributed by atoms with E-state index in [4.69, 9.17) is 23.1 Å². The standard InChI is InChI=1S/C23H24ClN7/c1-15-3-2-4-17(24)22(15)19(29-10-8-27-13-29)7-9-30-18-6-5-16(25)11-20(18)31-14-28-12-21(31)23(30)26/h2-6,8,10-14,19,23H,7,9,25-26H2,1H3. The lowest BCUT2D eigenvalue weighted by Gasteiger charge is -2.38. The molecule has 3 heterocycles. The van der Waals surface area contributed by atoms with Crippen molar-refractivity contribution in [1.82, 2.24) is 19.1 Å². The van der Waals surface area contributed by atoms with Crippen LogP contribution in [0, 0.1) is 6.92 Å². The Hall–Kier alpha value is -3.29. The van der Waals surface area contributed by atoms with Crippen LogP contribution < -0.4 is 16.4 Å². The maximum Gasteiger partial charge on any atom is 0.121 e. The largest absolute Gasteiger partial charge is 0.399 e. The molecule has 8 heteroatoms. The second-order valence-corrected chi connectivity index (χ2v) is 8.27. The number of rotatable bonds is 5. The van der Waals surface area contributed by atoms with E-state index >= 15 is 0 Å². The van der Waals surface area contributed by atoms with Crippen LogP contribution in [0.25, 0.3) is 5.69 Å². The predicted molar refractivity (Wildman–Crippen MR) is 123 cm³/mol. The number of nitrogens with zero attached hydrogens (tertiary/aromatic N) is 5. The van der Waals surface area contributed by atoms with Gasteiger partial charge in [-0.15, -0.1) is 0 Å². The Morgan fingerprint density at radius 2 is 2.00 bits per heavy atom. The van der Waals surface area contributed by atoms with Crippen molar-refractivity contribution in [2.24, 2.45) is 5.73 Å². The molecule has 4 aromatic rings. The van der Waals surface area contributed by atoms with Crippen LogP contribution in [0.5, 0.6) is 0 Å². The van der Waals surface area contributed by atoms with E-state index in [1.54, 1.807) is 12.5 Å². The molecule has 0 radical (unpaired) electrons. The summed E-state index contributed by atoms with van der Waals surface area (Å²) in [5.74, 6) is 0. The molecule has 2 aromatic heterocycles. The van der Waals surface area contributed by atoms with Crippen LogP contribution in [0.3, 0.4) is 0 Å². The number of aryl methyl sites for hydroxylation is 1. The van der Waals surface area contributed by atoms with E-state index < -0.39 is 0 Å². The average Bonchev–Trinajstić information content (AvgIpc) is 3.44. The summed E-state index contributed by atoms with van der Waals surface area (Å²) in [6.45, 7) is 2.81. The van der Waals surface area contributed by atoms with E-state index in [0.717, 1.165) is 46.2 Å². The van der Waals surface area contributed by atoms with Gasteiger partial charge in [0.25, 0.3) is 0 Å². The van der Waals surface area contributed by atoms with Crippen LogP contribution in [-0.4, -0.2) is 25.6 Å². The van der Waals surface area contributed by atoms with Crippen LogP contribution in [0.1, 0.15) is 35.4 Å². The van der Waals surface area contributed by atoms with Crippen molar-refractivity contribution >= 4 is 23.0 Å². The molecule has 0 saturated heterocycles. The van der Waals surface area contributed by atoms with Gasteiger partial charge in [-0.1, -0.05) is 23.7 Å². The quantitative estimate of drug-likeness (QED) is 0.463.